The smallest absolute Gasteiger partial charge is 0.239 e. The van der Waals surface area contributed by atoms with Crippen LogP contribution in [0.3, 0.4) is 0 Å². The van der Waals surface area contributed by atoms with E-state index in [1.165, 1.54) is 0 Å². The number of primary amides is 1. The van der Waals surface area contributed by atoms with Crippen LogP contribution in [0.15, 0.2) is 24.3 Å². The summed E-state index contributed by atoms with van der Waals surface area (Å²) in [7, 11) is 0. The Labute approximate surface area is 124 Å². The van der Waals surface area contributed by atoms with Gasteiger partial charge in [-0.15, -0.1) is 0 Å². The highest BCUT2D eigenvalue weighted by Crippen LogP contribution is 2.49. The number of amides is 1. The number of phenols is 1. The number of carbonyl (C=O) groups excluding carboxylic acids is 1. The second-order valence-corrected chi connectivity index (χ2v) is 6.76. The minimum atomic E-state index is -0.522. The SMILES string of the molecule is NC(=O)C12NCC3CC1CN(Cc1ccc(O)cc1)C2C3. The van der Waals surface area contributed by atoms with Gasteiger partial charge in [0.2, 0.25) is 5.91 Å². The number of hydrogen-bond donors (Lipinski definition) is 3. The Bertz CT molecular complexity index is 573. The molecule has 1 aromatic carbocycles. The molecule has 1 amide bonds. The molecule has 112 valence electrons. The molecule has 4 aliphatic rings. The molecule has 1 saturated carbocycles. The third kappa shape index (κ3) is 1.80. The lowest BCUT2D eigenvalue weighted by Crippen LogP contribution is -2.72. The lowest BCUT2D eigenvalue weighted by molar-refractivity contribution is -0.131. The first-order chi connectivity index (χ1) is 10.1. The summed E-state index contributed by atoms with van der Waals surface area (Å²) in [5.74, 6) is 1.10. The van der Waals surface area contributed by atoms with Crippen molar-refractivity contribution >= 4 is 5.91 Å². The summed E-state index contributed by atoms with van der Waals surface area (Å²) in [5, 5.41) is 12.8. The van der Waals surface area contributed by atoms with Gasteiger partial charge >= 0.3 is 0 Å². The zero-order valence-electron chi connectivity index (χ0n) is 12.0. The number of likely N-dealkylation sites (tertiary alicyclic amines) is 1. The summed E-state index contributed by atoms with van der Waals surface area (Å²) in [5.41, 5.74) is 6.41. The third-order valence-electron chi connectivity index (χ3n) is 5.65. The Morgan fingerprint density at radius 1 is 1.38 bits per heavy atom. The molecule has 4 fully saturated rings. The monoisotopic (exact) mass is 287 g/mol. The Balaban J connectivity index is 1.61. The number of phenolic OH excluding ortho intramolecular Hbond substituents is 1. The minimum Gasteiger partial charge on any atom is -0.508 e. The summed E-state index contributed by atoms with van der Waals surface area (Å²) in [4.78, 5) is 14.5. The number of rotatable bonds is 3. The number of nitrogens with two attached hydrogens (primary N) is 1. The van der Waals surface area contributed by atoms with Crippen LogP contribution in [0.4, 0.5) is 0 Å². The van der Waals surface area contributed by atoms with Crippen molar-refractivity contribution in [1.29, 1.82) is 0 Å². The van der Waals surface area contributed by atoms with E-state index in [0.29, 0.717) is 11.8 Å². The number of nitrogens with one attached hydrogen (secondary N) is 1. The van der Waals surface area contributed by atoms with E-state index in [1.807, 2.05) is 12.1 Å². The molecule has 0 aromatic heterocycles. The molecule has 1 aliphatic carbocycles. The largest absolute Gasteiger partial charge is 0.508 e. The van der Waals surface area contributed by atoms with E-state index < -0.39 is 5.54 Å². The van der Waals surface area contributed by atoms with Gasteiger partial charge in [0.25, 0.3) is 0 Å². The summed E-state index contributed by atoms with van der Waals surface area (Å²) < 4.78 is 0. The molecule has 1 aromatic rings. The highest BCUT2D eigenvalue weighted by Gasteiger charge is 2.63. The second-order valence-electron chi connectivity index (χ2n) is 6.76. The van der Waals surface area contributed by atoms with Gasteiger partial charge in [0.05, 0.1) is 0 Å². The lowest BCUT2D eigenvalue weighted by atomic mass is 9.64. The van der Waals surface area contributed by atoms with E-state index in [9.17, 15) is 9.90 Å². The Kier molecular flexibility index (Phi) is 2.78. The molecular weight excluding hydrogens is 266 g/mol. The van der Waals surface area contributed by atoms with Gasteiger partial charge in [0, 0.05) is 25.0 Å². The van der Waals surface area contributed by atoms with Crippen LogP contribution in [0, 0.1) is 11.8 Å². The summed E-state index contributed by atoms with van der Waals surface area (Å²) in [6.45, 7) is 2.66. The van der Waals surface area contributed by atoms with Gasteiger partial charge in [0.1, 0.15) is 11.3 Å². The topological polar surface area (TPSA) is 78.6 Å². The van der Waals surface area contributed by atoms with Crippen molar-refractivity contribution < 1.29 is 9.90 Å². The van der Waals surface area contributed by atoms with E-state index in [1.54, 1.807) is 12.1 Å². The standard InChI is InChI=1S/C16H21N3O2/c17-15(21)16-12-5-11(7-18-16)6-14(16)19(9-12)8-10-1-3-13(20)4-2-10/h1-4,11-12,14,18,20H,5-9H2,(H2,17,21). The van der Waals surface area contributed by atoms with Crippen LogP contribution in [0.5, 0.6) is 5.75 Å². The van der Waals surface area contributed by atoms with Gasteiger partial charge in [0.15, 0.2) is 0 Å². The van der Waals surface area contributed by atoms with Crippen molar-refractivity contribution in [1.82, 2.24) is 10.2 Å². The second kappa shape index (κ2) is 4.45. The van der Waals surface area contributed by atoms with E-state index in [-0.39, 0.29) is 17.7 Å². The summed E-state index contributed by atoms with van der Waals surface area (Å²) in [6.07, 6.45) is 2.17. The van der Waals surface area contributed by atoms with E-state index >= 15 is 0 Å². The predicted octanol–water partition coefficient (Wildman–Crippen LogP) is 0.430. The first-order valence-electron chi connectivity index (χ1n) is 7.66. The molecule has 3 heterocycles. The maximum Gasteiger partial charge on any atom is 0.239 e. The molecule has 4 N–H and O–H groups in total. The quantitative estimate of drug-likeness (QED) is 0.753. The third-order valence-corrected chi connectivity index (χ3v) is 5.65. The molecule has 21 heavy (non-hydrogen) atoms. The highest BCUT2D eigenvalue weighted by molar-refractivity contribution is 5.87. The maximum absolute atomic E-state index is 12.1. The predicted molar refractivity (Wildman–Crippen MR) is 78.4 cm³/mol. The van der Waals surface area contributed by atoms with Crippen LogP contribution in [0.25, 0.3) is 0 Å². The number of aromatic hydroxyl groups is 1. The van der Waals surface area contributed by atoms with Gasteiger partial charge in [-0.05, 0) is 43.0 Å². The van der Waals surface area contributed by atoms with Crippen molar-refractivity contribution in [3.05, 3.63) is 29.8 Å². The number of hydrogen-bond acceptors (Lipinski definition) is 4. The van der Waals surface area contributed by atoms with Crippen LogP contribution in [0.2, 0.25) is 0 Å². The van der Waals surface area contributed by atoms with Gasteiger partial charge in [-0.25, -0.2) is 0 Å². The molecule has 3 aliphatic heterocycles. The van der Waals surface area contributed by atoms with Crippen LogP contribution in [-0.2, 0) is 11.3 Å². The highest BCUT2D eigenvalue weighted by atomic mass is 16.3. The number of benzene rings is 1. The van der Waals surface area contributed by atoms with Crippen molar-refractivity contribution in [3.63, 3.8) is 0 Å². The van der Waals surface area contributed by atoms with Crippen LogP contribution in [-0.4, -0.2) is 40.6 Å². The average Bonchev–Trinajstić information content (AvgIpc) is 2.69. The lowest BCUT2D eigenvalue weighted by Gasteiger charge is -2.51. The molecule has 5 rings (SSSR count). The molecule has 5 nitrogen and oxygen atoms in total. The molecule has 0 radical (unpaired) electrons. The molecule has 3 saturated heterocycles. The molecule has 5 heteroatoms. The fourth-order valence-electron chi connectivity index (χ4n) is 4.73. The Morgan fingerprint density at radius 2 is 2.14 bits per heavy atom. The number of piperidine rings is 2. The Hall–Kier alpha value is -1.59. The van der Waals surface area contributed by atoms with Crippen molar-refractivity contribution in [2.75, 3.05) is 13.1 Å². The van der Waals surface area contributed by atoms with Crippen molar-refractivity contribution in [3.8, 4) is 5.75 Å². The van der Waals surface area contributed by atoms with Gasteiger partial charge < -0.3 is 16.2 Å². The van der Waals surface area contributed by atoms with Crippen LogP contribution >= 0.6 is 0 Å². The van der Waals surface area contributed by atoms with Crippen molar-refractivity contribution in [2.45, 2.75) is 31.0 Å². The van der Waals surface area contributed by atoms with Gasteiger partial charge in [-0.2, -0.15) is 0 Å². The Morgan fingerprint density at radius 3 is 2.81 bits per heavy atom. The first-order valence-corrected chi connectivity index (χ1v) is 7.66. The van der Waals surface area contributed by atoms with Crippen LogP contribution in [0.1, 0.15) is 18.4 Å². The molecule has 0 spiro atoms. The van der Waals surface area contributed by atoms with Gasteiger partial charge in [-0.1, -0.05) is 12.1 Å². The number of fused-ring (bicyclic) bond motifs is 1. The average molecular weight is 287 g/mol. The molecule has 4 unspecified atom stereocenters. The molecule has 4 bridgehead atoms. The van der Waals surface area contributed by atoms with E-state index in [4.69, 9.17) is 5.73 Å². The minimum absolute atomic E-state index is 0.191. The van der Waals surface area contributed by atoms with E-state index in [2.05, 4.69) is 10.2 Å². The maximum atomic E-state index is 12.1. The zero-order chi connectivity index (χ0) is 14.6. The molecular formula is C16H21N3O2. The van der Waals surface area contributed by atoms with Crippen LogP contribution < -0.4 is 11.1 Å². The fourth-order valence-corrected chi connectivity index (χ4v) is 4.73. The first kappa shape index (κ1) is 13.1. The number of nitrogens with zero attached hydrogens (tertiary/aromatic N) is 1. The van der Waals surface area contributed by atoms with E-state index in [0.717, 1.165) is 38.0 Å². The summed E-state index contributed by atoms with van der Waals surface area (Å²) >= 11 is 0. The van der Waals surface area contributed by atoms with Crippen molar-refractivity contribution in [2.24, 2.45) is 17.6 Å². The number of carbonyl (C=O) groups is 1. The molecule has 4 atom stereocenters. The fraction of sp³-hybridized carbons (Fsp3) is 0.562. The normalized spacial score (nSPS) is 37.8. The summed E-state index contributed by atoms with van der Waals surface area (Å²) in [6, 6.07) is 7.53. The van der Waals surface area contributed by atoms with Gasteiger partial charge in [-0.3, -0.25) is 9.69 Å². The zero-order valence-corrected chi connectivity index (χ0v) is 12.0.